The number of aromatic nitrogens is 3. The summed E-state index contributed by atoms with van der Waals surface area (Å²) in [5.41, 5.74) is 3.58. The lowest BCUT2D eigenvalue weighted by Gasteiger charge is -2.03. The molecule has 4 aromatic rings. The summed E-state index contributed by atoms with van der Waals surface area (Å²) in [6.07, 6.45) is 2.88. The molecule has 0 amide bonds. The number of hydrogen-bond donors (Lipinski definition) is 2. The summed E-state index contributed by atoms with van der Waals surface area (Å²) < 4.78 is 11.5. The quantitative estimate of drug-likeness (QED) is 0.386. The van der Waals surface area contributed by atoms with E-state index in [4.69, 9.17) is 9.26 Å². The van der Waals surface area contributed by atoms with Gasteiger partial charge < -0.3 is 24.7 Å². The van der Waals surface area contributed by atoms with E-state index in [2.05, 4.69) is 27.7 Å². The maximum atomic E-state index is 12.0. The molecule has 0 radical (unpaired) electrons. The standard InChI is InChI=1S/C20H20N4O3/c1-26-16-8-6-15(7-9-16)24-19(20(25)27-23-24)13-21-11-10-14-12-22-18-5-3-2-4-17(14)18/h2-9,12,21-22H,10-11,13H2,1H3. The maximum Gasteiger partial charge on any atom is 0.253 e. The van der Waals surface area contributed by atoms with Crippen LogP contribution in [-0.4, -0.2) is 23.9 Å². The van der Waals surface area contributed by atoms with Crippen LogP contribution in [-0.2, 0) is 13.0 Å². The molecule has 0 spiro atoms. The molecular weight excluding hydrogens is 344 g/mol. The Morgan fingerprint density at radius 1 is 1.19 bits per heavy atom. The van der Waals surface area contributed by atoms with Crippen LogP contribution >= 0.6 is 0 Å². The first-order chi connectivity index (χ1) is 13.3. The lowest BCUT2D eigenvalue weighted by Crippen LogP contribution is -2.39. The van der Waals surface area contributed by atoms with Crippen molar-refractivity contribution in [1.82, 2.24) is 15.6 Å². The fourth-order valence-corrected chi connectivity index (χ4v) is 3.11. The highest BCUT2D eigenvalue weighted by Gasteiger charge is 2.20. The number of nitrogens with one attached hydrogen (secondary N) is 2. The average Bonchev–Trinajstić information content (AvgIpc) is 3.29. The number of para-hydroxylation sites is 1. The van der Waals surface area contributed by atoms with Crippen molar-refractivity contribution < 1.29 is 19.0 Å². The number of aromatic amines is 1. The van der Waals surface area contributed by atoms with Crippen molar-refractivity contribution in [2.75, 3.05) is 13.7 Å². The number of ether oxygens (including phenoxy) is 1. The predicted octanol–water partition coefficient (Wildman–Crippen LogP) is 1.85. The SMILES string of the molecule is COc1ccc(-[n+]2noc([O-])c2CNCCc2c[nH]c3ccccc23)cc1. The van der Waals surface area contributed by atoms with Crippen molar-refractivity contribution in [1.29, 1.82) is 0 Å². The molecule has 7 heteroatoms. The molecule has 0 aliphatic heterocycles. The molecular formula is C20H20N4O3. The van der Waals surface area contributed by atoms with Gasteiger partial charge in [-0.3, -0.25) is 0 Å². The molecule has 2 heterocycles. The van der Waals surface area contributed by atoms with Crippen LogP contribution in [0.25, 0.3) is 16.6 Å². The van der Waals surface area contributed by atoms with Crippen LogP contribution in [0.15, 0.2) is 59.3 Å². The number of H-pyrrole nitrogens is 1. The van der Waals surface area contributed by atoms with Gasteiger partial charge >= 0.3 is 0 Å². The van der Waals surface area contributed by atoms with E-state index in [9.17, 15) is 5.11 Å². The monoisotopic (exact) mass is 364 g/mol. The third kappa shape index (κ3) is 3.50. The highest BCUT2D eigenvalue weighted by atomic mass is 16.6. The number of fused-ring (bicyclic) bond motifs is 1. The summed E-state index contributed by atoms with van der Waals surface area (Å²) in [5.74, 6) is 0.300. The van der Waals surface area contributed by atoms with Crippen LogP contribution in [0, 0.1) is 0 Å². The second-order valence-corrected chi connectivity index (χ2v) is 6.20. The molecule has 2 aromatic heterocycles. The van der Waals surface area contributed by atoms with Gasteiger partial charge in [-0.1, -0.05) is 18.2 Å². The van der Waals surface area contributed by atoms with E-state index in [1.165, 1.54) is 15.6 Å². The normalized spacial score (nSPS) is 11.1. The molecule has 4 rings (SSSR count). The fourth-order valence-electron chi connectivity index (χ4n) is 3.11. The van der Waals surface area contributed by atoms with Crippen LogP contribution in [0.4, 0.5) is 0 Å². The lowest BCUT2D eigenvalue weighted by molar-refractivity contribution is -0.677. The zero-order valence-electron chi connectivity index (χ0n) is 14.9. The minimum Gasteiger partial charge on any atom is -0.539 e. The molecule has 2 aromatic carbocycles. The molecule has 0 fully saturated rings. The molecule has 0 atom stereocenters. The zero-order valence-corrected chi connectivity index (χ0v) is 14.9. The van der Waals surface area contributed by atoms with Crippen molar-refractivity contribution >= 4 is 10.9 Å². The van der Waals surface area contributed by atoms with Gasteiger partial charge in [0, 0.05) is 29.2 Å². The molecule has 7 nitrogen and oxygen atoms in total. The Morgan fingerprint density at radius 3 is 2.81 bits per heavy atom. The molecule has 0 saturated carbocycles. The Labute approximate surface area is 156 Å². The number of methoxy groups -OCH3 is 1. The van der Waals surface area contributed by atoms with Crippen LogP contribution in [0.5, 0.6) is 11.7 Å². The smallest absolute Gasteiger partial charge is 0.253 e. The maximum absolute atomic E-state index is 12.0. The minimum atomic E-state index is -0.439. The second kappa shape index (κ2) is 7.51. The summed E-state index contributed by atoms with van der Waals surface area (Å²) in [7, 11) is 1.61. The minimum absolute atomic E-state index is 0.372. The number of benzene rings is 2. The highest BCUT2D eigenvalue weighted by Crippen LogP contribution is 2.18. The van der Waals surface area contributed by atoms with E-state index in [0.29, 0.717) is 12.2 Å². The van der Waals surface area contributed by atoms with Gasteiger partial charge in [-0.25, -0.2) is 0 Å². The van der Waals surface area contributed by atoms with Crippen LogP contribution in [0.1, 0.15) is 11.3 Å². The molecule has 0 saturated heterocycles. The van der Waals surface area contributed by atoms with Crippen molar-refractivity contribution in [3.63, 3.8) is 0 Å². The van der Waals surface area contributed by atoms with Gasteiger partial charge in [0.2, 0.25) is 5.69 Å². The van der Waals surface area contributed by atoms with E-state index >= 15 is 0 Å². The Bertz CT molecular complexity index is 1040. The van der Waals surface area contributed by atoms with Crippen LogP contribution in [0.2, 0.25) is 0 Å². The molecule has 0 aliphatic carbocycles. The van der Waals surface area contributed by atoms with E-state index < -0.39 is 5.95 Å². The first-order valence-corrected chi connectivity index (χ1v) is 8.74. The summed E-state index contributed by atoms with van der Waals surface area (Å²) >= 11 is 0. The van der Waals surface area contributed by atoms with Gasteiger partial charge in [0.1, 0.15) is 5.75 Å². The van der Waals surface area contributed by atoms with E-state index in [-0.39, 0.29) is 0 Å². The Balaban J connectivity index is 1.42. The van der Waals surface area contributed by atoms with E-state index in [1.54, 1.807) is 7.11 Å². The zero-order chi connectivity index (χ0) is 18.6. The molecule has 2 N–H and O–H groups in total. The molecule has 0 unspecified atom stereocenters. The largest absolute Gasteiger partial charge is 0.539 e. The summed E-state index contributed by atoms with van der Waals surface area (Å²) in [6.45, 7) is 1.10. The van der Waals surface area contributed by atoms with Gasteiger partial charge in [-0.15, -0.1) is 0 Å². The van der Waals surface area contributed by atoms with Gasteiger partial charge in [-0.05, 0) is 41.4 Å². The third-order valence-corrected chi connectivity index (χ3v) is 4.55. The van der Waals surface area contributed by atoms with Crippen molar-refractivity contribution in [3.8, 4) is 17.4 Å². The predicted molar refractivity (Wildman–Crippen MR) is 97.7 cm³/mol. The third-order valence-electron chi connectivity index (χ3n) is 4.55. The highest BCUT2D eigenvalue weighted by molar-refractivity contribution is 5.83. The lowest BCUT2D eigenvalue weighted by atomic mass is 10.1. The Hall–Kier alpha value is -3.32. The van der Waals surface area contributed by atoms with Crippen molar-refractivity contribution in [3.05, 3.63) is 66.0 Å². The van der Waals surface area contributed by atoms with Crippen molar-refractivity contribution in [2.45, 2.75) is 13.0 Å². The van der Waals surface area contributed by atoms with Crippen LogP contribution < -0.4 is 19.8 Å². The number of hydrogen-bond acceptors (Lipinski definition) is 5. The summed E-state index contributed by atoms with van der Waals surface area (Å²) in [6, 6.07) is 15.5. The fraction of sp³-hybridized carbons (Fsp3) is 0.200. The first kappa shape index (κ1) is 17.1. The van der Waals surface area contributed by atoms with Crippen LogP contribution in [0.3, 0.4) is 0 Å². The topological polar surface area (TPSA) is 90.0 Å². The van der Waals surface area contributed by atoms with E-state index in [0.717, 1.165) is 29.9 Å². The second-order valence-electron chi connectivity index (χ2n) is 6.20. The number of nitrogens with zero attached hydrogens (tertiary/aromatic N) is 2. The van der Waals surface area contributed by atoms with Gasteiger partial charge in [0.05, 0.1) is 18.9 Å². The first-order valence-electron chi connectivity index (χ1n) is 8.74. The summed E-state index contributed by atoms with van der Waals surface area (Å²) in [5, 5.41) is 20.4. The van der Waals surface area contributed by atoms with E-state index in [1.807, 2.05) is 42.6 Å². The summed E-state index contributed by atoms with van der Waals surface area (Å²) in [4.78, 5) is 3.27. The van der Waals surface area contributed by atoms with Gasteiger partial charge in [0.25, 0.3) is 5.69 Å². The Kier molecular flexibility index (Phi) is 4.76. The average molecular weight is 364 g/mol. The Morgan fingerprint density at radius 2 is 2.00 bits per heavy atom. The van der Waals surface area contributed by atoms with Gasteiger partial charge in [0.15, 0.2) is 5.95 Å². The van der Waals surface area contributed by atoms with Gasteiger partial charge in [-0.2, -0.15) is 0 Å². The molecule has 0 bridgehead atoms. The molecule has 138 valence electrons. The molecule has 27 heavy (non-hydrogen) atoms. The van der Waals surface area contributed by atoms with Crippen molar-refractivity contribution in [2.24, 2.45) is 0 Å². The molecule has 0 aliphatic rings. The number of rotatable bonds is 7.